The number of nitrogens with zero attached hydrogens (tertiary/aromatic N) is 9. The van der Waals surface area contributed by atoms with E-state index < -0.39 is 0 Å². The summed E-state index contributed by atoms with van der Waals surface area (Å²) in [6, 6.07) is 9.77. The molecular formula is C41H48N10O4S2. The van der Waals surface area contributed by atoms with Gasteiger partial charge in [-0.15, -0.1) is 11.8 Å². The highest BCUT2D eigenvalue weighted by Gasteiger charge is 2.29. The molecule has 1 fully saturated rings. The molecule has 1 aromatic carbocycles. The van der Waals surface area contributed by atoms with E-state index in [1.165, 1.54) is 17.4 Å². The van der Waals surface area contributed by atoms with Gasteiger partial charge in [-0.3, -0.25) is 19.1 Å². The lowest BCUT2D eigenvalue weighted by atomic mass is 9.94. The van der Waals surface area contributed by atoms with Crippen molar-refractivity contribution in [2.75, 3.05) is 25.5 Å². The first kappa shape index (κ1) is 41.1. The van der Waals surface area contributed by atoms with E-state index in [1.54, 1.807) is 68.8 Å². The summed E-state index contributed by atoms with van der Waals surface area (Å²) in [5, 5.41) is 17.8. The van der Waals surface area contributed by atoms with Crippen molar-refractivity contribution in [3.63, 3.8) is 0 Å². The zero-order valence-corrected chi connectivity index (χ0v) is 34.8. The first-order chi connectivity index (χ1) is 27.3. The number of thiazole rings is 1. The number of aromatic nitrogens is 6. The zero-order valence-electron chi connectivity index (χ0n) is 33.1. The number of carbonyl (C=O) groups is 3. The summed E-state index contributed by atoms with van der Waals surface area (Å²) in [6.07, 6.45) is 14.7. The number of hydrogen-bond acceptors (Lipinski definition) is 11. The fourth-order valence-electron chi connectivity index (χ4n) is 6.55. The van der Waals surface area contributed by atoms with Crippen LogP contribution >= 0.6 is 23.1 Å². The number of rotatable bonds is 14. The lowest BCUT2D eigenvalue weighted by Gasteiger charge is -2.31. The van der Waals surface area contributed by atoms with Crippen LogP contribution in [0.3, 0.4) is 0 Å². The molecule has 1 atom stereocenters. The van der Waals surface area contributed by atoms with Crippen molar-refractivity contribution in [3.8, 4) is 17.2 Å². The minimum atomic E-state index is -0.365. The van der Waals surface area contributed by atoms with Gasteiger partial charge in [0.2, 0.25) is 17.7 Å². The number of likely N-dealkylation sites (N-methyl/N-ethyl adjacent to an activating group) is 1. The van der Waals surface area contributed by atoms with Crippen LogP contribution in [-0.2, 0) is 39.1 Å². The molecule has 0 bridgehead atoms. The molecule has 4 aromatic heterocycles. The van der Waals surface area contributed by atoms with E-state index in [-0.39, 0.29) is 47.2 Å². The smallest absolute Gasteiger partial charge is 0.264 e. The van der Waals surface area contributed by atoms with E-state index in [9.17, 15) is 19.6 Å². The fourth-order valence-corrected chi connectivity index (χ4v) is 8.28. The molecule has 14 nitrogen and oxygen atoms in total. The normalized spacial score (nSPS) is 14.3. The lowest BCUT2D eigenvalue weighted by Crippen LogP contribution is -2.42. The highest BCUT2D eigenvalue weighted by Crippen LogP contribution is 2.33. The summed E-state index contributed by atoms with van der Waals surface area (Å²) in [6.45, 7) is 9.38. The van der Waals surface area contributed by atoms with E-state index in [0.717, 1.165) is 39.5 Å². The Balaban J connectivity index is 0.975. The highest BCUT2D eigenvalue weighted by atomic mass is 32.2. The van der Waals surface area contributed by atoms with Gasteiger partial charge in [-0.05, 0) is 30.4 Å². The standard InChI is InChI=1S/C41H48N10O4S2/c1-7-8-32(49(6)39(54)30(20-42)19-34-43-15-18-48(34)5)28-11-9-27(10-12-28)31-21-46-51(24-31)25-36(52)50-16-13-29(14-17-50)38(53)47-40-45-23-37(57-40)56-26-35-44-22-33(55-35)41(2,3)4/h9-12,15,18-19,21-24,29,32H,7-8,13-14,16-17,25-26H2,1-6H3,(H,45,47,53)/b30-19+. The number of hydrogen-bond donors (Lipinski definition) is 1. The Bertz CT molecular complexity index is 2250. The van der Waals surface area contributed by atoms with Crippen molar-refractivity contribution in [1.82, 2.24) is 39.1 Å². The van der Waals surface area contributed by atoms with Crippen LogP contribution in [0.4, 0.5) is 5.13 Å². The molecule has 0 saturated carbocycles. The number of imidazole rings is 1. The van der Waals surface area contributed by atoms with Crippen molar-refractivity contribution < 1.29 is 18.8 Å². The van der Waals surface area contributed by atoms with Crippen molar-refractivity contribution in [1.29, 1.82) is 5.26 Å². The Morgan fingerprint density at radius 2 is 1.86 bits per heavy atom. The first-order valence-electron chi connectivity index (χ1n) is 18.9. The Morgan fingerprint density at radius 3 is 2.51 bits per heavy atom. The molecule has 3 amide bonds. The molecule has 57 heavy (non-hydrogen) atoms. The van der Waals surface area contributed by atoms with E-state index in [4.69, 9.17) is 4.42 Å². The largest absolute Gasteiger partial charge is 0.444 e. The number of carbonyl (C=O) groups excluding carboxylic acids is 3. The third kappa shape index (κ3) is 10.3. The van der Waals surface area contributed by atoms with Crippen molar-refractivity contribution in [3.05, 3.63) is 90.1 Å². The molecule has 1 saturated heterocycles. The maximum absolute atomic E-state index is 13.4. The van der Waals surface area contributed by atoms with Gasteiger partial charge in [-0.1, -0.05) is 69.7 Å². The van der Waals surface area contributed by atoms with E-state index in [1.807, 2.05) is 43.6 Å². The number of aryl methyl sites for hydroxylation is 1. The number of amides is 3. The van der Waals surface area contributed by atoms with Crippen LogP contribution in [0.5, 0.6) is 0 Å². The maximum atomic E-state index is 13.4. The number of anilines is 1. The van der Waals surface area contributed by atoms with Crippen molar-refractivity contribution >= 4 is 52.0 Å². The van der Waals surface area contributed by atoms with Crippen LogP contribution in [0.1, 0.15) is 82.5 Å². The van der Waals surface area contributed by atoms with Gasteiger partial charge < -0.3 is 24.1 Å². The molecule has 0 aliphatic carbocycles. The van der Waals surface area contributed by atoms with Crippen molar-refractivity contribution in [2.24, 2.45) is 13.0 Å². The van der Waals surface area contributed by atoms with E-state index >= 15 is 0 Å². The second-order valence-electron chi connectivity index (χ2n) is 15.1. The number of likely N-dealkylation sites (tertiary alicyclic amines) is 1. The van der Waals surface area contributed by atoms with Gasteiger partial charge in [0, 0.05) is 68.7 Å². The van der Waals surface area contributed by atoms with Crippen LogP contribution in [-0.4, -0.2) is 77.0 Å². The molecular weight excluding hydrogens is 761 g/mol. The number of nitriles is 1. The summed E-state index contributed by atoms with van der Waals surface area (Å²) >= 11 is 2.99. The zero-order chi connectivity index (χ0) is 40.7. The van der Waals surface area contributed by atoms with Gasteiger partial charge in [0.05, 0.1) is 34.6 Å². The summed E-state index contributed by atoms with van der Waals surface area (Å²) in [4.78, 5) is 56.2. The van der Waals surface area contributed by atoms with Gasteiger partial charge >= 0.3 is 0 Å². The molecule has 6 rings (SSSR count). The first-order valence-corrected chi connectivity index (χ1v) is 20.7. The Labute approximate surface area is 341 Å². The Kier molecular flexibility index (Phi) is 13.1. The lowest BCUT2D eigenvalue weighted by molar-refractivity contribution is -0.135. The predicted octanol–water partition coefficient (Wildman–Crippen LogP) is 7.10. The van der Waals surface area contributed by atoms with E-state index in [2.05, 4.69) is 53.1 Å². The monoisotopic (exact) mass is 808 g/mol. The molecule has 0 spiro atoms. The van der Waals surface area contributed by atoms with E-state index in [0.29, 0.717) is 48.5 Å². The average molecular weight is 809 g/mol. The fraction of sp³-hybridized carbons (Fsp3) is 0.415. The van der Waals surface area contributed by atoms with Crippen LogP contribution in [0.25, 0.3) is 17.2 Å². The number of piperidine rings is 1. The van der Waals surface area contributed by atoms with Crippen LogP contribution in [0, 0.1) is 17.2 Å². The van der Waals surface area contributed by atoms with Crippen LogP contribution < -0.4 is 5.32 Å². The van der Waals surface area contributed by atoms with Gasteiger partial charge in [-0.2, -0.15) is 10.4 Å². The Morgan fingerprint density at radius 1 is 1.11 bits per heavy atom. The molecule has 5 aromatic rings. The molecule has 0 radical (unpaired) electrons. The number of oxazole rings is 1. The molecule has 1 aliphatic rings. The topological polar surface area (TPSA) is 168 Å². The third-order valence-corrected chi connectivity index (χ3v) is 12.0. The number of thioether (sulfide) groups is 1. The second-order valence-corrected chi connectivity index (χ2v) is 17.4. The molecule has 5 heterocycles. The number of nitrogens with one attached hydrogen (secondary N) is 1. The third-order valence-electron chi connectivity index (χ3n) is 9.96. The molecule has 1 unspecified atom stereocenters. The Hall–Kier alpha value is -5.53. The quantitative estimate of drug-likeness (QED) is 0.0694. The maximum Gasteiger partial charge on any atom is 0.264 e. The molecule has 1 N–H and O–H groups in total. The van der Waals surface area contributed by atoms with Gasteiger partial charge in [0.25, 0.3) is 5.91 Å². The second kappa shape index (κ2) is 18.2. The SMILES string of the molecule is CCCC(c1ccc(-c2cnn(CC(=O)N3CCC(C(=O)Nc4ncc(SCc5ncc(C(C)(C)C)o5)s4)CC3)c2)cc1)N(C)C(=O)/C(C#N)=C/c1nccn1C. The summed E-state index contributed by atoms with van der Waals surface area (Å²) in [7, 11) is 3.53. The summed E-state index contributed by atoms with van der Waals surface area (Å²) in [5.74, 6) is 1.91. The minimum Gasteiger partial charge on any atom is -0.444 e. The van der Waals surface area contributed by atoms with Gasteiger partial charge in [0.15, 0.2) is 5.13 Å². The minimum absolute atomic E-state index is 0.0208. The van der Waals surface area contributed by atoms with Gasteiger partial charge in [0.1, 0.15) is 29.8 Å². The van der Waals surface area contributed by atoms with Crippen LogP contribution in [0.2, 0.25) is 0 Å². The molecule has 16 heteroatoms. The highest BCUT2D eigenvalue weighted by molar-refractivity contribution is 8.00. The molecule has 298 valence electrons. The molecule has 1 aliphatic heterocycles. The number of benzene rings is 1. The average Bonchev–Trinajstić information content (AvgIpc) is 4.04. The summed E-state index contributed by atoms with van der Waals surface area (Å²) in [5.41, 5.74) is 2.66. The summed E-state index contributed by atoms with van der Waals surface area (Å²) < 4.78 is 10.2. The van der Waals surface area contributed by atoms with Crippen molar-refractivity contribution in [2.45, 2.75) is 81.3 Å². The van der Waals surface area contributed by atoms with Crippen LogP contribution in [0.15, 0.2) is 75.6 Å². The predicted molar refractivity (Wildman–Crippen MR) is 220 cm³/mol. The van der Waals surface area contributed by atoms with Gasteiger partial charge in [-0.25, -0.2) is 15.0 Å².